The number of benzene rings is 2. The van der Waals surface area contributed by atoms with Gasteiger partial charge in [-0.05, 0) is 55.0 Å². The summed E-state index contributed by atoms with van der Waals surface area (Å²) in [5, 5.41) is 7.68. The lowest BCUT2D eigenvalue weighted by Gasteiger charge is -2.13. The maximum Gasteiger partial charge on any atom is 0.251 e. The summed E-state index contributed by atoms with van der Waals surface area (Å²) in [5.74, 6) is 0.0339. The molecule has 0 radical (unpaired) electrons. The number of aromatic nitrogens is 4. The second-order valence-electron chi connectivity index (χ2n) is 7.67. The van der Waals surface area contributed by atoms with E-state index >= 15 is 0 Å². The molecule has 3 heterocycles. The summed E-state index contributed by atoms with van der Waals surface area (Å²) in [4.78, 5) is 20.3. The van der Waals surface area contributed by atoms with Gasteiger partial charge in [0.05, 0.1) is 5.39 Å². The van der Waals surface area contributed by atoms with Gasteiger partial charge in [-0.3, -0.25) is 4.79 Å². The quantitative estimate of drug-likeness (QED) is 0.372. The van der Waals surface area contributed by atoms with Gasteiger partial charge >= 0.3 is 0 Å². The number of fused-ring (bicyclic) bond motifs is 1. The molecule has 7 nitrogen and oxygen atoms in total. The van der Waals surface area contributed by atoms with Crippen LogP contribution in [-0.2, 0) is 6.54 Å². The Morgan fingerprint density at radius 3 is 2.65 bits per heavy atom. The van der Waals surface area contributed by atoms with E-state index in [1.165, 1.54) is 12.1 Å². The van der Waals surface area contributed by atoms with Gasteiger partial charge in [-0.15, -0.1) is 0 Å². The number of nitrogens with one attached hydrogen (secondary N) is 2. The minimum Gasteiger partial charge on any atom is -0.456 e. The number of rotatable bonds is 6. The minimum absolute atomic E-state index is 0.0113. The third-order valence-electron chi connectivity index (χ3n) is 5.35. The first-order valence-corrected chi connectivity index (χ1v) is 10.5. The summed E-state index contributed by atoms with van der Waals surface area (Å²) in [5.41, 5.74) is 1.98. The SMILES string of the molecule is Cc1c(Oc2ccnc3[nH]c(-n4cccn4)cc23)cccc1C(=O)NCc1cc(F)cc(F)c1. The van der Waals surface area contributed by atoms with Crippen molar-refractivity contribution < 1.29 is 18.3 Å². The van der Waals surface area contributed by atoms with Crippen LogP contribution >= 0.6 is 0 Å². The Kier molecular flexibility index (Phi) is 5.51. The summed E-state index contributed by atoms with van der Waals surface area (Å²) < 4.78 is 34.7. The number of carbonyl (C=O) groups excluding carboxylic acids is 1. The van der Waals surface area contributed by atoms with Gasteiger partial charge in [-0.25, -0.2) is 18.4 Å². The van der Waals surface area contributed by atoms with Crippen LogP contribution in [0.2, 0.25) is 0 Å². The summed E-state index contributed by atoms with van der Waals surface area (Å²) >= 11 is 0. The minimum atomic E-state index is -0.694. The van der Waals surface area contributed by atoms with Crippen LogP contribution in [0.4, 0.5) is 8.78 Å². The van der Waals surface area contributed by atoms with E-state index in [9.17, 15) is 13.6 Å². The fourth-order valence-electron chi connectivity index (χ4n) is 3.69. The molecule has 1 amide bonds. The van der Waals surface area contributed by atoms with E-state index in [4.69, 9.17) is 4.74 Å². The van der Waals surface area contributed by atoms with Crippen LogP contribution in [0.5, 0.6) is 11.5 Å². The average Bonchev–Trinajstić information content (AvgIpc) is 3.48. The highest BCUT2D eigenvalue weighted by molar-refractivity contribution is 5.96. The Morgan fingerprint density at radius 1 is 1.06 bits per heavy atom. The van der Waals surface area contributed by atoms with Crippen LogP contribution in [0.25, 0.3) is 16.9 Å². The standard InChI is InChI=1S/C25H19F2N5O2/c1-15-19(25(33)29-14-16-10-17(26)12-18(27)11-16)4-2-5-21(15)34-22-6-8-28-24-20(22)13-23(31-24)32-9-3-7-30-32/h2-13H,14H2,1H3,(H,28,31)(H,29,33). The molecule has 5 aromatic rings. The van der Waals surface area contributed by atoms with Crippen molar-refractivity contribution in [3.05, 3.63) is 102 Å². The smallest absolute Gasteiger partial charge is 0.251 e. The molecule has 9 heteroatoms. The fourth-order valence-corrected chi connectivity index (χ4v) is 3.69. The molecular weight excluding hydrogens is 440 g/mol. The number of nitrogens with zero attached hydrogens (tertiary/aromatic N) is 3. The Balaban J connectivity index is 1.38. The highest BCUT2D eigenvalue weighted by Gasteiger charge is 2.15. The average molecular weight is 459 g/mol. The lowest BCUT2D eigenvalue weighted by molar-refractivity contribution is 0.0950. The monoisotopic (exact) mass is 459 g/mol. The summed E-state index contributed by atoms with van der Waals surface area (Å²) in [6.45, 7) is 1.76. The molecule has 0 atom stereocenters. The number of aromatic amines is 1. The van der Waals surface area contributed by atoms with Crippen LogP contribution in [0.3, 0.4) is 0 Å². The molecule has 0 aliphatic heterocycles. The van der Waals surface area contributed by atoms with Gasteiger partial charge < -0.3 is 15.0 Å². The number of halogens is 2. The van der Waals surface area contributed by atoms with Gasteiger partial charge in [-0.2, -0.15) is 5.10 Å². The molecule has 0 spiro atoms. The number of H-pyrrole nitrogens is 1. The first-order valence-electron chi connectivity index (χ1n) is 10.5. The van der Waals surface area contributed by atoms with Crippen molar-refractivity contribution in [2.24, 2.45) is 0 Å². The highest BCUT2D eigenvalue weighted by Crippen LogP contribution is 2.32. The predicted molar refractivity (Wildman–Crippen MR) is 122 cm³/mol. The van der Waals surface area contributed by atoms with Gasteiger partial charge in [0.15, 0.2) is 0 Å². The first-order chi connectivity index (χ1) is 16.5. The zero-order valence-corrected chi connectivity index (χ0v) is 18.0. The van der Waals surface area contributed by atoms with Gasteiger partial charge in [0.25, 0.3) is 5.91 Å². The van der Waals surface area contributed by atoms with Crippen LogP contribution < -0.4 is 10.1 Å². The Labute approximate surface area is 193 Å². The molecule has 170 valence electrons. The van der Waals surface area contributed by atoms with E-state index < -0.39 is 11.6 Å². The highest BCUT2D eigenvalue weighted by atomic mass is 19.1. The zero-order chi connectivity index (χ0) is 23.7. The molecule has 34 heavy (non-hydrogen) atoms. The zero-order valence-electron chi connectivity index (χ0n) is 18.0. The number of amides is 1. The van der Waals surface area contributed by atoms with Crippen LogP contribution in [-0.4, -0.2) is 25.7 Å². The third-order valence-corrected chi connectivity index (χ3v) is 5.35. The molecule has 0 unspecified atom stereocenters. The molecule has 5 rings (SSSR count). The van der Waals surface area contributed by atoms with E-state index in [2.05, 4.69) is 20.4 Å². The predicted octanol–water partition coefficient (Wildman–Crippen LogP) is 5.06. The van der Waals surface area contributed by atoms with Crippen LogP contribution in [0.1, 0.15) is 21.5 Å². The van der Waals surface area contributed by atoms with Crippen LogP contribution in [0.15, 0.2) is 73.2 Å². The molecule has 0 bridgehead atoms. The largest absolute Gasteiger partial charge is 0.456 e. The van der Waals surface area contributed by atoms with Gasteiger partial charge in [-0.1, -0.05) is 6.07 Å². The van der Waals surface area contributed by atoms with Crippen molar-refractivity contribution in [3.8, 4) is 17.3 Å². The van der Waals surface area contributed by atoms with Gasteiger partial charge in [0, 0.05) is 42.3 Å². The topological polar surface area (TPSA) is 84.8 Å². The van der Waals surface area contributed by atoms with E-state index in [0.717, 1.165) is 17.3 Å². The maximum atomic E-state index is 13.4. The van der Waals surface area contributed by atoms with Crippen molar-refractivity contribution in [1.82, 2.24) is 25.1 Å². The Bertz CT molecular complexity index is 1470. The fraction of sp³-hybridized carbons (Fsp3) is 0.0800. The first kappa shape index (κ1) is 21.3. The van der Waals surface area contributed by atoms with Gasteiger partial charge in [0.2, 0.25) is 0 Å². The molecule has 0 fully saturated rings. The second-order valence-corrected chi connectivity index (χ2v) is 7.67. The molecule has 2 aromatic carbocycles. The maximum absolute atomic E-state index is 13.4. The lowest BCUT2D eigenvalue weighted by Crippen LogP contribution is -2.23. The van der Waals surface area contributed by atoms with Crippen molar-refractivity contribution in [2.45, 2.75) is 13.5 Å². The summed E-state index contributed by atoms with van der Waals surface area (Å²) in [7, 11) is 0. The third kappa shape index (κ3) is 4.23. The molecule has 0 saturated heterocycles. The Hall–Kier alpha value is -4.53. The van der Waals surface area contributed by atoms with Crippen molar-refractivity contribution in [1.29, 1.82) is 0 Å². The summed E-state index contributed by atoms with van der Waals surface area (Å²) in [6.07, 6.45) is 5.13. The van der Waals surface area contributed by atoms with Gasteiger partial charge in [0.1, 0.15) is 34.6 Å². The molecule has 0 aliphatic carbocycles. The summed E-state index contributed by atoms with van der Waals surface area (Å²) in [6, 6.07) is 13.7. The Morgan fingerprint density at radius 2 is 1.88 bits per heavy atom. The molecule has 3 aromatic heterocycles. The van der Waals surface area contributed by atoms with Crippen molar-refractivity contribution >= 4 is 16.9 Å². The number of carbonyl (C=O) groups is 1. The second kappa shape index (κ2) is 8.78. The number of hydrogen-bond acceptors (Lipinski definition) is 4. The van der Waals surface area contributed by atoms with E-state index in [1.807, 2.05) is 18.3 Å². The van der Waals surface area contributed by atoms with Crippen molar-refractivity contribution in [3.63, 3.8) is 0 Å². The number of hydrogen-bond donors (Lipinski definition) is 2. The number of ether oxygens (including phenoxy) is 1. The van der Waals surface area contributed by atoms with E-state index in [0.29, 0.717) is 33.8 Å². The van der Waals surface area contributed by atoms with Crippen molar-refractivity contribution in [2.75, 3.05) is 0 Å². The van der Waals surface area contributed by atoms with E-state index in [1.54, 1.807) is 48.3 Å². The lowest BCUT2D eigenvalue weighted by atomic mass is 10.1. The molecule has 0 saturated carbocycles. The molecule has 2 N–H and O–H groups in total. The van der Waals surface area contributed by atoms with E-state index in [-0.39, 0.29) is 12.5 Å². The molecule has 0 aliphatic rings. The number of pyridine rings is 1. The molecular formula is C25H19F2N5O2. The normalized spacial score (nSPS) is 11.0. The van der Waals surface area contributed by atoms with Crippen LogP contribution in [0, 0.1) is 18.6 Å².